The Labute approximate surface area is 58.4 Å². The van der Waals surface area contributed by atoms with Crippen molar-refractivity contribution in [3.63, 3.8) is 0 Å². The largest absolute Gasteiger partial charge is 0.103 e. The van der Waals surface area contributed by atoms with E-state index >= 15 is 0 Å². The Hall–Kier alpha value is 0.810. The molecule has 3 radical (unpaired) electrons. The van der Waals surface area contributed by atoms with Crippen LogP contribution in [0.15, 0.2) is 0 Å². The summed E-state index contributed by atoms with van der Waals surface area (Å²) in [6.07, 6.45) is 0. The van der Waals surface area contributed by atoms with Crippen LogP contribution in [0.1, 0.15) is 0 Å². The van der Waals surface area contributed by atoms with Crippen LogP contribution < -0.4 is 0 Å². The second kappa shape index (κ2) is 10.7. The first-order valence-corrected chi connectivity index (χ1v) is 1.59. The highest BCUT2D eigenvalue weighted by Gasteiger charge is 1.83. The first kappa shape index (κ1) is 11.6. The van der Waals surface area contributed by atoms with E-state index in [9.17, 15) is 0 Å². The summed E-state index contributed by atoms with van der Waals surface area (Å²) < 4.78 is 6.66. The first-order valence-electron chi connectivity index (χ1n) is 0.975. The number of rotatable bonds is 4. The van der Waals surface area contributed by atoms with Gasteiger partial charge in [-0.25, -0.2) is 0 Å². The molecule has 0 aliphatic rings. The van der Waals surface area contributed by atoms with Crippen LogP contribution in [0, 0.1) is 0 Å². The van der Waals surface area contributed by atoms with Gasteiger partial charge >= 0.3 is 0 Å². The van der Waals surface area contributed by atoms with Gasteiger partial charge in [0.15, 0.2) is 0 Å². The maximum absolute atomic E-state index is 4.41. The molecule has 0 rings (SSSR count). The molecule has 0 unspecified atom stereocenters. The molecule has 0 aromatic carbocycles. The SMILES string of the molecule is ClOOOOOCl.[P]. The van der Waals surface area contributed by atoms with Gasteiger partial charge in [0, 0.05) is 9.90 Å². The lowest BCUT2D eigenvalue weighted by Gasteiger charge is -1.87. The Morgan fingerprint density at radius 3 is 1.38 bits per heavy atom. The van der Waals surface area contributed by atoms with Gasteiger partial charge in [0.05, 0.1) is 0 Å². The summed E-state index contributed by atoms with van der Waals surface area (Å²) in [5.41, 5.74) is 0. The molecule has 8 heteroatoms. The van der Waals surface area contributed by atoms with E-state index in [2.05, 4.69) is 47.7 Å². The van der Waals surface area contributed by atoms with Gasteiger partial charge in [-0.1, -0.05) is 8.88 Å². The molecular formula is Cl2O5P. The number of hydrogen-bond donors (Lipinski definition) is 0. The summed E-state index contributed by atoms with van der Waals surface area (Å²) in [7, 11) is 0. The summed E-state index contributed by atoms with van der Waals surface area (Å²) in [4.78, 5) is 0. The average molecular weight is 182 g/mol. The zero-order valence-electron chi connectivity index (χ0n) is 3.24. The Kier molecular flexibility index (Phi) is 15.5. The Balaban J connectivity index is 0. The van der Waals surface area contributed by atoms with Gasteiger partial charge in [0.2, 0.25) is 0 Å². The van der Waals surface area contributed by atoms with Crippen LogP contribution >= 0.6 is 33.6 Å². The highest BCUT2D eigenvalue weighted by molar-refractivity contribution is 6.92. The van der Waals surface area contributed by atoms with Gasteiger partial charge in [0.1, 0.15) is 23.7 Å². The average Bonchev–Trinajstić information content (AvgIpc) is 1.69. The fourth-order valence-corrected chi connectivity index (χ4v) is 0.0743. The molecule has 0 fully saturated rings. The molecule has 0 aliphatic carbocycles. The fraction of sp³-hybridized carbons (Fsp3) is 0. The molecule has 5 nitrogen and oxygen atoms in total. The molecule has 0 aromatic rings. The standard InChI is InChI=1S/Cl2O5.P/c1-3-5-7-6-4-2;. The monoisotopic (exact) mass is 181 g/mol. The van der Waals surface area contributed by atoms with Gasteiger partial charge in [-0.3, -0.25) is 0 Å². The van der Waals surface area contributed by atoms with Gasteiger partial charge in [-0.05, 0) is 15.1 Å². The predicted molar refractivity (Wildman–Crippen MR) is 24.1 cm³/mol. The maximum atomic E-state index is 4.41. The molecular weight excluding hydrogens is 182 g/mol. The van der Waals surface area contributed by atoms with Crippen LogP contribution in [0.25, 0.3) is 0 Å². The third kappa shape index (κ3) is 9.94. The minimum Gasteiger partial charge on any atom is -0.0868 e. The van der Waals surface area contributed by atoms with Crippen molar-refractivity contribution >= 4 is 33.6 Å². The van der Waals surface area contributed by atoms with Crippen LogP contribution in [0.2, 0.25) is 0 Å². The van der Waals surface area contributed by atoms with Crippen LogP contribution in [0.4, 0.5) is 0 Å². The van der Waals surface area contributed by atoms with Crippen molar-refractivity contribution in [3.05, 3.63) is 0 Å². The van der Waals surface area contributed by atoms with Crippen molar-refractivity contribution in [2.45, 2.75) is 0 Å². The molecule has 0 N–H and O–H groups in total. The Bertz CT molecular complexity index is 29.6. The van der Waals surface area contributed by atoms with E-state index < -0.39 is 0 Å². The lowest BCUT2D eigenvalue weighted by molar-refractivity contribution is -0.674. The number of hydrogen-bond acceptors (Lipinski definition) is 5. The molecule has 0 saturated carbocycles. The lowest BCUT2D eigenvalue weighted by Crippen LogP contribution is -1.88. The van der Waals surface area contributed by atoms with Crippen molar-refractivity contribution in [1.29, 1.82) is 0 Å². The van der Waals surface area contributed by atoms with Crippen LogP contribution in [-0.2, 0) is 24.0 Å². The maximum Gasteiger partial charge on any atom is 0.103 e. The lowest BCUT2D eigenvalue weighted by atomic mass is 14.3. The summed E-state index contributed by atoms with van der Waals surface area (Å²) in [5.74, 6) is 0. The molecule has 0 atom stereocenters. The zero-order chi connectivity index (χ0) is 5.54. The van der Waals surface area contributed by atoms with Crippen LogP contribution in [0.3, 0.4) is 0 Å². The molecule has 0 amide bonds. The van der Waals surface area contributed by atoms with E-state index in [1.807, 2.05) is 0 Å². The predicted octanol–water partition coefficient (Wildman–Crippen LogP) is 1.90. The summed E-state index contributed by atoms with van der Waals surface area (Å²) >= 11 is 8.82. The number of halogens is 2. The van der Waals surface area contributed by atoms with Crippen LogP contribution in [-0.4, -0.2) is 0 Å². The van der Waals surface area contributed by atoms with Crippen molar-refractivity contribution in [3.8, 4) is 0 Å². The quantitative estimate of drug-likeness (QED) is 0.287. The zero-order valence-corrected chi connectivity index (χ0v) is 5.65. The molecule has 0 spiro atoms. The fourth-order valence-electron chi connectivity index (χ4n) is 0.0323. The van der Waals surface area contributed by atoms with E-state index in [0.717, 1.165) is 0 Å². The van der Waals surface area contributed by atoms with Crippen molar-refractivity contribution in [2.75, 3.05) is 0 Å². The highest BCUT2D eigenvalue weighted by atomic mass is 35.5. The van der Waals surface area contributed by atoms with E-state index in [1.54, 1.807) is 0 Å². The van der Waals surface area contributed by atoms with E-state index in [4.69, 9.17) is 0 Å². The molecule has 0 aromatic heterocycles. The van der Waals surface area contributed by atoms with Gasteiger partial charge in [-0.15, -0.1) is 0 Å². The van der Waals surface area contributed by atoms with E-state index in [-0.39, 0.29) is 9.90 Å². The smallest absolute Gasteiger partial charge is 0.0868 e. The molecule has 8 heavy (non-hydrogen) atoms. The van der Waals surface area contributed by atoms with Gasteiger partial charge in [0.25, 0.3) is 0 Å². The highest BCUT2D eigenvalue weighted by Crippen LogP contribution is 1.88. The molecule has 0 heterocycles. The first-order chi connectivity index (χ1) is 3.41. The second-order valence-electron chi connectivity index (χ2n) is 0.330. The minimum absolute atomic E-state index is 0. The molecule has 0 saturated heterocycles. The van der Waals surface area contributed by atoms with Gasteiger partial charge < -0.3 is 0 Å². The van der Waals surface area contributed by atoms with Crippen molar-refractivity contribution in [1.82, 2.24) is 0 Å². The summed E-state index contributed by atoms with van der Waals surface area (Å²) in [6, 6.07) is 0. The molecule has 49 valence electrons. The summed E-state index contributed by atoms with van der Waals surface area (Å²) in [6.45, 7) is 0. The van der Waals surface area contributed by atoms with E-state index in [1.165, 1.54) is 0 Å². The Morgan fingerprint density at radius 2 is 1.12 bits per heavy atom. The third-order valence-corrected chi connectivity index (χ3v) is 0.210. The van der Waals surface area contributed by atoms with Gasteiger partial charge in [-0.2, -0.15) is 0 Å². The topological polar surface area (TPSA) is 46.2 Å². The normalized spacial score (nSPS) is 8.25. The third-order valence-electron chi connectivity index (χ3n) is 0.107. The summed E-state index contributed by atoms with van der Waals surface area (Å²) in [5, 5.41) is 10.2. The Morgan fingerprint density at radius 1 is 0.750 bits per heavy atom. The van der Waals surface area contributed by atoms with Crippen LogP contribution in [0.5, 0.6) is 0 Å². The molecule has 0 aliphatic heterocycles. The molecule has 0 bridgehead atoms. The van der Waals surface area contributed by atoms with E-state index in [0.29, 0.717) is 0 Å². The second-order valence-corrected chi connectivity index (χ2v) is 0.582. The van der Waals surface area contributed by atoms with Crippen molar-refractivity contribution < 1.29 is 24.0 Å². The van der Waals surface area contributed by atoms with Crippen molar-refractivity contribution in [2.24, 2.45) is 0 Å². The minimum atomic E-state index is 0.